The van der Waals surface area contributed by atoms with Crippen molar-refractivity contribution in [2.75, 3.05) is 5.75 Å². The molecule has 0 spiro atoms. The fourth-order valence-corrected chi connectivity index (χ4v) is 3.58. The Morgan fingerprint density at radius 1 is 1.50 bits per heavy atom. The lowest BCUT2D eigenvalue weighted by atomic mass is 10.2. The molecule has 1 aliphatic rings. The molecule has 1 aliphatic carbocycles. The summed E-state index contributed by atoms with van der Waals surface area (Å²) in [6.45, 7) is 3.28. The van der Waals surface area contributed by atoms with Gasteiger partial charge in [-0.15, -0.1) is 0 Å². The highest BCUT2D eigenvalue weighted by atomic mass is 32.2. The van der Waals surface area contributed by atoms with Crippen LogP contribution in [0.15, 0.2) is 18.5 Å². The van der Waals surface area contributed by atoms with E-state index in [-0.39, 0.29) is 0 Å². The van der Waals surface area contributed by atoms with Gasteiger partial charge in [0.2, 0.25) is 0 Å². The molecule has 2 atom stereocenters. The monoisotopic (exact) mass is 238 g/mol. The number of aryl methyl sites for hydroxylation is 1. The second kappa shape index (κ2) is 5.78. The average molecular weight is 238 g/mol. The maximum atomic E-state index is 3.67. The molecule has 3 heteroatoms. The largest absolute Gasteiger partial charge is 0.357 e. The fourth-order valence-electron chi connectivity index (χ4n) is 2.44. The molecule has 0 aromatic carbocycles. The van der Waals surface area contributed by atoms with Gasteiger partial charge in [-0.1, -0.05) is 6.92 Å². The minimum absolute atomic E-state index is 0.740. The summed E-state index contributed by atoms with van der Waals surface area (Å²) in [7, 11) is 2.08. The van der Waals surface area contributed by atoms with Gasteiger partial charge in [-0.05, 0) is 36.6 Å². The first-order chi connectivity index (χ1) is 7.78. The highest BCUT2D eigenvalue weighted by Gasteiger charge is 2.23. The van der Waals surface area contributed by atoms with Gasteiger partial charge in [0.05, 0.1) is 0 Å². The van der Waals surface area contributed by atoms with Crippen LogP contribution < -0.4 is 5.32 Å². The summed E-state index contributed by atoms with van der Waals surface area (Å²) in [5.74, 6) is 1.26. The van der Waals surface area contributed by atoms with Crippen LogP contribution in [-0.4, -0.2) is 21.6 Å². The normalized spacial score (nSPS) is 25.1. The summed E-state index contributed by atoms with van der Waals surface area (Å²) in [5.41, 5.74) is 1.40. The molecule has 2 rings (SSSR count). The minimum Gasteiger partial charge on any atom is -0.357 e. The van der Waals surface area contributed by atoms with Crippen molar-refractivity contribution < 1.29 is 0 Å². The van der Waals surface area contributed by atoms with Crippen LogP contribution in [-0.2, 0) is 13.6 Å². The number of nitrogens with one attached hydrogen (secondary N) is 1. The van der Waals surface area contributed by atoms with E-state index in [1.165, 1.54) is 30.6 Å². The molecule has 90 valence electrons. The number of aromatic nitrogens is 1. The van der Waals surface area contributed by atoms with Crippen LogP contribution in [0.4, 0.5) is 0 Å². The SMILES string of the molecule is CCSC1CCC(NCc2ccn(C)c2)C1. The van der Waals surface area contributed by atoms with Crippen LogP contribution in [0.2, 0.25) is 0 Å². The van der Waals surface area contributed by atoms with E-state index in [1.54, 1.807) is 0 Å². The Hall–Kier alpha value is -0.410. The highest BCUT2D eigenvalue weighted by Crippen LogP contribution is 2.29. The third-order valence-electron chi connectivity index (χ3n) is 3.27. The third kappa shape index (κ3) is 3.29. The molecule has 2 nitrogen and oxygen atoms in total. The van der Waals surface area contributed by atoms with E-state index in [2.05, 4.69) is 54.1 Å². The Balaban J connectivity index is 1.71. The minimum atomic E-state index is 0.740. The predicted octanol–water partition coefficient (Wildman–Crippen LogP) is 2.79. The van der Waals surface area contributed by atoms with E-state index in [0.29, 0.717) is 0 Å². The summed E-state index contributed by atoms with van der Waals surface area (Å²) in [4.78, 5) is 0. The zero-order valence-electron chi connectivity index (χ0n) is 10.3. The van der Waals surface area contributed by atoms with Crippen molar-refractivity contribution in [2.24, 2.45) is 7.05 Å². The van der Waals surface area contributed by atoms with Gasteiger partial charge in [0.15, 0.2) is 0 Å². The number of nitrogens with zero attached hydrogens (tertiary/aromatic N) is 1. The summed E-state index contributed by atoms with van der Waals surface area (Å²) >= 11 is 2.12. The Kier molecular flexibility index (Phi) is 4.36. The molecule has 1 fully saturated rings. The molecule has 0 amide bonds. The molecule has 1 aromatic heterocycles. The van der Waals surface area contributed by atoms with Crippen molar-refractivity contribution >= 4 is 11.8 Å². The molecule has 1 heterocycles. The van der Waals surface area contributed by atoms with E-state index in [1.807, 2.05) is 0 Å². The average Bonchev–Trinajstić information content (AvgIpc) is 2.85. The topological polar surface area (TPSA) is 17.0 Å². The van der Waals surface area contributed by atoms with Gasteiger partial charge in [-0.2, -0.15) is 11.8 Å². The fraction of sp³-hybridized carbons (Fsp3) is 0.692. The molecular weight excluding hydrogens is 216 g/mol. The van der Waals surface area contributed by atoms with Crippen LogP contribution in [0.3, 0.4) is 0 Å². The Bertz CT molecular complexity index is 321. The summed E-state index contributed by atoms with van der Waals surface area (Å²) < 4.78 is 2.11. The maximum absolute atomic E-state index is 3.67. The van der Waals surface area contributed by atoms with E-state index >= 15 is 0 Å². The molecule has 0 aliphatic heterocycles. The van der Waals surface area contributed by atoms with Gasteiger partial charge in [0, 0.05) is 37.3 Å². The molecule has 1 N–H and O–H groups in total. The van der Waals surface area contributed by atoms with Crippen LogP contribution in [0.1, 0.15) is 31.7 Å². The van der Waals surface area contributed by atoms with Crippen molar-refractivity contribution in [2.45, 2.75) is 44.0 Å². The van der Waals surface area contributed by atoms with E-state index in [4.69, 9.17) is 0 Å². The van der Waals surface area contributed by atoms with E-state index in [0.717, 1.165) is 17.8 Å². The zero-order valence-corrected chi connectivity index (χ0v) is 11.1. The quantitative estimate of drug-likeness (QED) is 0.849. The van der Waals surface area contributed by atoms with Gasteiger partial charge >= 0.3 is 0 Å². The third-order valence-corrected chi connectivity index (χ3v) is 4.51. The molecule has 0 radical (unpaired) electrons. The van der Waals surface area contributed by atoms with Crippen LogP contribution >= 0.6 is 11.8 Å². The number of hydrogen-bond donors (Lipinski definition) is 1. The Morgan fingerprint density at radius 2 is 2.38 bits per heavy atom. The highest BCUT2D eigenvalue weighted by molar-refractivity contribution is 7.99. The lowest BCUT2D eigenvalue weighted by molar-refractivity contribution is 0.525. The van der Waals surface area contributed by atoms with Gasteiger partial charge in [-0.25, -0.2) is 0 Å². The van der Waals surface area contributed by atoms with Crippen molar-refractivity contribution in [3.05, 3.63) is 24.0 Å². The second-order valence-corrected chi connectivity index (χ2v) is 6.23. The lowest BCUT2D eigenvalue weighted by Crippen LogP contribution is -2.25. The van der Waals surface area contributed by atoms with Crippen molar-refractivity contribution in [3.8, 4) is 0 Å². The van der Waals surface area contributed by atoms with Crippen LogP contribution in [0.5, 0.6) is 0 Å². The first kappa shape index (κ1) is 12.1. The zero-order chi connectivity index (χ0) is 11.4. The van der Waals surface area contributed by atoms with Crippen molar-refractivity contribution in [1.82, 2.24) is 9.88 Å². The van der Waals surface area contributed by atoms with Crippen LogP contribution in [0, 0.1) is 0 Å². The number of hydrogen-bond acceptors (Lipinski definition) is 2. The van der Waals surface area contributed by atoms with E-state index in [9.17, 15) is 0 Å². The number of thioether (sulfide) groups is 1. The maximum Gasteiger partial charge on any atom is 0.0223 e. The van der Waals surface area contributed by atoms with Gasteiger partial charge < -0.3 is 9.88 Å². The van der Waals surface area contributed by atoms with Gasteiger partial charge in [-0.3, -0.25) is 0 Å². The Morgan fingerprint density at radius 3 is 3.06 bits per heavy atom. The molecule has 2 unspecified atom stereocenters. The predicted molar refractivity (Wildman–Crippen MR) is 71.8 cm³/mol. The first-order valence-corrected chi connectivity index (χ1v) is 7.28. The Labute approximate surface area is 103 Å². The van der Waals surface area contributed by atoms with Gasteiger partial charge in [0.25, 0.3) is 0 Å². The standard InChI is InChI=1S/C13H22N2S/c1-3-16-13-5-4-12(8-13)14-9-11-6-7-15(2)10-11/h6-7,10,12-14H,3-5,8-9H2,1-2H3. The summed E-state index contributed by atoms with van der Waals surface area (Å²) in [6, 6.07) is 2.93. The molecule has 1 saturated carbocycles. The number of rotatable bonds is 5. The van der Waals surface area contributed by atoms with Crippen molar-refractivity contribution in [3.63, 3.8) is 0 Å². The molecule has 1 aromatic rings. The summed E-state index contributed by atoms with van der Waals surface area (Å²) in [5, 5.41) is 4.57. The molecule has 0 bridgehead atoms. The van der Waals surface area contributed by atoms with Crippen LogP contribution in [0.25, 0.3) is 0 Å². The lowest BCUT2D eigenvalue weighted by Gasteiger charge is -2.12. The van der Waals surface area contributed by atoms with Gasteiger partial charge in [0.1, 0.15) is 0 Å². The van der Waals surface area contributed by atoms with Crippen molar-refractivity contribution in [1.29, 1.82) is 0 Å². The molecule has 16 heavy (non-hydrogen) atoms. The summed E-state index contributed by atoms with van der Waals surface area (Å²) in [6.07, 6.45) is 8.41. The first-order valence-electron chi connectivity index (χ1n) is 6.23. The second-order valence-electron chi connectivity index (χ2n) is 4.65. The molecular formula is C13H22N2S. The van der Waals surface area contributed by atoms with E-state index < -0.39 is 0 Å². The smallest absolute Gasteiger partial charge is 0.0223 e. The molecule has 0 saturated heterocycles.